The Morgan fingerprint density at radius 2 is 1.88 bits per heavy atom. The smallest absolute Gasteiger partial charge is 0.283 e. The van der Waals surface area contributed by atoms with Crippen molar-refractivity contribution in [2.45, 2.75) is 39.7 Å². The molecular weight excluding hydrogens is 352 g/mol. The Labute approximate surface area is 142 Å². The standard InChI is InChI=1S/C14H21ClF4N4O/c1-3-22(4-2)7-5-6-20-9(24)8-23-12(14(18)19)10(15)11(21-23)13(16)17/h13-14H,3-8H2,1-2H3,(H,20,24). The number of hydrogen-bond acceptors (Lipinski definition) is 3. The summed E-state index contributed by atoms with van der Waals surface area (Å²) >= 11 is 5.52. The van der Waals surface area contributed by atoms with E-state index in [1.807, 2.05) is 13.8 Å². The number of nitrogens with one attached hydrogen (secondary N) is 1. The van der Waals surface area contributed by atoms with Gasteiger partial charge in [-0.1, -0.05) is 25.4 Å². The van der Waals surface area contributed by atoms with Crippen LogP contribution in [0.15, 0.2) is 0 Å². The fourth-order valence-electron chi connectivity index (χ4n) is 2.20. The summed E-state index contributed by atoms with van der Waals surface area (Å²) in [5.41, 5.74) is -1.81. The maximum atomic E-state index is 13.0. The normalized spacial score (nSPS) is 11.8. The second-order valence-electron chi connectivity index (χ2n) is 5.07. The topological polar surface area (TPSA) is 50.2 Å². The molecule has 0 spiro atoms. The van der Waals surface area contributed by atoms with Crippen molar-refractivity contribution < 1.29 is 22.4 Å². The molecule has 0 radical (unpaired) electrons. The number of nitrogens with zero attached hydrogens (tertiary/aromatic N) is 3. The van der Waals surface area contributed by atoms with Crippen molar-refractivity contribution >= 4 is 17.5 Å². The SMILES string of the molecule is CCN(CC)CCCNC(=O)Cn1nc(C(F)F)c(Cl)c1C(F)F. The summed E-state index contributed by atoms with van der Waals surface area (Å²) in [6.07, 6.45) is -5.50. The van der Waals surface area contributed by atoms with Crippen molar-refractivity contribution in [3.63, 3.8) is 0 Å². The van der Waals surface area contributed by atoms with Gasteiger partial charge in [0.05, 0.1) is 5.02 Å². The Balaban J connectivity index is 2.62. The van der Waals surface area contributed by atoms with Crippen molar-refractivity contribution in [3.05, 3.63) is 16.4 Å². The van der Waals surface area contributed by atoms with Crippen molar-refractivity contribution in [3.8, 4) is 0 Å². The highest BCUT2D eigenvalue weighted by molar-refractivity contribution is 6.32. The molecule has 0 aliphatic heterocycles. The third-order valence-corrected chi connectivity index (χ3v) is 3.92. The first kappa shape index (κ1) is 20.7. The van der Waals surface area contributed by atoms with Gasteiger partial charge in [0.15, 0.2) is 0 Å². The number of alkyl halides is 4. The van der Waals surface area contributed by atoms with Gasteiger partial charge in [0.25, 0.3) is 12.9 Å². The zero-order valence-corrected chi connectivity index (χ0v) is 14.3. The number of carbonyl (C=O) groups excluding carboxylic acids is 1. The van der Waals surface area contributed by atoms with Crippen LogP contribution in [0, 0.1) is 0 Å². The van der Waals surface area contributed by atoms with Crippen LogP contribution in [0.5, 0.6) is 0 Å². The minimum Gasteiger partial charge on any atom is -0.354 e. The fraction of sp³-hybridized carbons (Fsp3) is 0.714. The van der Waals surface area contributed by atoms with E-state index >= 15 is 0 Å². The molecule has 1 aromatic rings. The van der Waals surface area contributed by atoms with Crippen molar-refractivity contribution in [2.24, 2.45) is 0 Å². The summed E-state index contributed by atoms with van der Waals surface area (Å²) in [7, 11) is 0. The molecule has 10 heteroatoms. The van der Waals surface area contributed by atoms with Gasteiger partial charge in [-0.2, -0.15) is 5.10 Å². The van der Waals surface area contributed by atoms with Crippen molar-refractivity contribution in [1.82, 2.24) is 20.0 Å². The van der Waals surface area contributed by atoms with E-state index in [0.717, 1.165) is 19.6 Å². The Morgan fingerprint density at radius 1 is 1.25 bits per heavy atom. The largest absolute Gasteiger partial charge is 0.354 e. The maximum absolute atomic E-state index is 13.0. The summed E-state index contributed by atoms with van der Waals surface area (Å²) in [5.74, 6) is -0.587. The molecule has 5 nitrogen and oxygen atoms in total. The quantitative estimate of drug-likeness (QED) is 0.506. The van der Waals surface area contributed by atoms with Crippen LogP contribution in [0.1, 0.15) is 44.5 Å². The highest BCUT2D eigenvalue weighted by atomic mass is 35.5. The molecule has 1 heterocycles. The van der Waals surface area contributed by atoms with E-state index in [4.69, 9.17) is 11.6 Å². The molecule has 0 saturated heterocycles. The summed E-state index contributed by atoms with van der Waals surface area (Å²) in [6.45, 7) is 6.40. The van der Waals surface area contributed by atoms with Gasteiger partial charge < -0.3 is 10.2 Å². The maximum Gasteiger partial charge on any atom is 0.283 e. The average Bonchev–Trinajstić information content (AvgIpc) is 2.84. The number of carbonyl (C=O) groups is 1. The highest BCUT2D eigenvalue weighted by Gasteiger charge is 2.28. The van der Waals surface area contributed by atoms with E-state index in [1.54, 1.807) is 0 Å². The minimum absolute atomic E-state index is 0.357. The zero-order valence-electron chi connectivity index (χ0n) is 13.5. The number of halogens is 5. The van der Waals surface area contributed by atoms with Gasteiger partial charge in [0.2, 0.25) is 5.91 Å². The summed E-state index contributed by atoms with van der Waals surface area (Å²) in [6, 6.07) is 0. The van der Waals surface area contributed by atoms with Crippen LogP contribution in [0.25, 0.3) is 0 Å². The lowest BCUT2D eigenvalue weighted by Gasteiger charge is -2.17. The first-order valence-electron chi connectivity index (χ1n) is 7.63. The first-order valence-corrected chi connectivity index (χ1v) is 8.00. The fourth-order valence-corrected chi connectivity index (χ4v) is 2.50. The molecule has 0 fully saturated rings. The second-order valence-corrected chi connectivity index (χ2v) is 5.45. The second kappa shape index (κ2) is 9.83. The van der Waals surface area contributed by atoms with Crippen LogP contribution < -0.4 is 5.32 Å². The lowest BCUT2D eigenvalue weighted by Crippen LogP contribution is -2.32. The van der Waals surface area contributed by atoms with Gasteiger partial charge in [-0.05, 0) is 26.1 Å². The van der Waals surface area contributed by atoms with Crippen LogP contribution in [-0.2, 0) is 11.3 Å². The first-order chi connectivity index (χ1) is 11.3. The number of aromatic nitrogens is 2. The molecule has 1 rings (SSSR count). The van der Waals surface area contributed by atoms with Crippen molar-refractivity contribution in [1.29, 1.82) is 0 Å². The lowest BCUT2D eigenvalue weighted by molar-refractivity contribution is -0.121. The van der Waals surface area contributed by atoms with E-state index in [2.05, 4.69) is 15.3 Å². The number of hydrogen-bond donors (Lipinski definition) is 1. The third kappa shape index (κ3) is 5.62. The predicted molar refractivity (Wildman–Crippen MR) is 82.6 cm³/mol. The van der Waals surface area contributed by atoms with Crippen molar-refractivity contribution in [2.75, 3.05) is 26.2 Å². The Bertz CT molecular complexity index is 535. The van der Waals surface area contributed by atoms with Gasteiger partial charge in [0.1, 0.15) is 17.9 Å². The van der Waals surface area contributed by atoms with E-state index in [9.17, 15) is 22.4 Å². The van der Waals surface area contributed by atoms with Crippen LogP contribution in [0.4, 0.5) is 17.6 Å². The summed E-state index contributed by atoms with van der Waals surface area (Å²) in [4.78, 5) is 14.0. The molecule has 0 aliphatic carbocycles. The van der Waals surface area contributed by atoms with Crippen LogP contribution in [0.2, 0.25) is 5.02 Å². The minimum atomic E-state index is -3.10. The van der Waals surface area contributed by atoms with E-state index in [0.29, 0.717) is 17.6 Å². The van der Waals surface area contributed by atoms with Crippen LogP contribution in [0.3, 0.4) is 0 Å². The Kier molecular flexibility index (Phi) is 8.47. The van der Waals surface area contributed by atoms with Gasteiger partial charge in [-0.25, -0.2) is 17.6 Å². The number of rotatable bonds is 10. The molecule has 1 aromatic heterocycles. The van der Waals surface area contributed by atoms with Gasteiger partial charge in [-0.3, -0.25) is 9.48 Å². The molecule has 0 bridgehead atoms. The van der Waals surface area contributed by atoms with Crippen LogP contribution >= 0.6 is 11.6 Å². The molecule has 0 saturated carbocycles. The zero-order chi connectivity index (χ0) is 18.3. The predicted octanol–water partition coefficient (Wildman–Crippen LogP) is 3.26. The lowest BCUT2D eigenvalue weighted by atomic mass is 10.3. The molecule has 1 N–H and O–H groups in total. The molecule has 0 aromatic carbocycles. The third-order valence-electron chi connectivity index (χ3n) is 3.53. The molecule has 0 unspecified atom stereocenters. The monoisotopic (exact) mass is 372 g/mol. The molecule has 1 amide bonds. The Hall–Kier alpha value is -1.35. The van der Waals surface area contributed by atoms with E-state index in [1.165, 1.54) is 0 Å². The molecule has 0 atom stereocenters. The van der Waals surface area contributed by atoms with Gasteiger partial charge in [0, 0.05) is 6.54 Å². The molecule has 138 valence electrons. The van der Waals surface area contributed by atoms with Gasteiger partial charge >= 0.3 is 0 Å². The van der Waals surface area contributed by atoms with Gasteiger partial charge in [-0.15, -0.1) is 0 Å². The number of amides is 1. The summed E-state index contributed by atoms with van der Waals surface area (Å²) < 4.78 is 51.9. The average molecular weight is 373 g/mol. The molecule has 24 heavy (non-hydrogen) atoms. The Morgan fingerprint density at radius 3 is 2.38 bits per heavy atom. The van der Waals surface area contributed by atoms with Crippen LogP contribution in [-0.4, -0.2) is 46.8 Å². The summed E-state index contributed by atoms with van der Waals surface area (Å²) in [5, 5.41) is 5.10. The van der Waals surface area contributed by atoms with E-state index in [-0.39, 0.29) is 0 Å². The molecule has 0 aliphatic rings. The van der Waals surface area contributed by atoms with E-state index < -0.39 is 41.7 Å². The highest BCUT2D eigenvalue weighted by Crippen LogP contribution is 2.34. The molecular formula is C14H21ClF4N4O.